The molecule has 0 unspecified atom stereocenters. The summed E-state index contributed by atoms with van der Waals surface area (Å²) in [7, 11) is 0. The first-order valence-electron chi connectivity index (χ1n) is 4.64. The van der Waals surface area contributed by atoms with Crippen LogP contribution >= 0.6 is 11.6 Å². The van der Waals surface area contributed by atoms with Crippen LogP contribution in [-0.2, 0) is 0 Å². The van der Waals surface area contributed by atoms with Crippen molar-refractivity contribution < 1.29 is 9.13 Å². The van der Waals surface area contributed by atoms with Crippen LogP contribution in [0.25, 0.3) is 0 Å². The Kier molecular flexibility index (Phi) is 2.97. The van der Waals surface area contributed by atoms with E-state index in [2.05, 4.69) is 0 Å². The molecule has 2 aromatic carbocycles. The second-order valence-corrected chi connectivity index (χ2v) is 3.65. The Morgan fingerprint density at radius 1 is 1.06 bits per heavy atom. The fraction of sp³-hybridized carbons (Fsp3) is 0. The van der Waals surface area contributed by atoms with Crippen molar-refractivity contribution in [2.75, 3.05) is 5.73 Å². The molecule has 16 heavy (non-hydrogen) atoms. The van der Waals surface area contributed by atoms with Crippen LogP contribution in [-0.4, -0.2) is 0 Å². The summed E-state index contributed by atoms with van der Waals surface area (Å²) >= 11 is 5.74. The van der Waals surface area contributed by atoms with Crippen molar-refractivity contribution in [2.45, 2.75) is 0 Å². The minimum absolute atomic E-state index is 0.136. The molecule has 2 aromatic rings. The molecule has 0 bridgehead atoms. The number of ether oxygens (including phenoxy) is 1. The van der Waals surface area contributed by atoms with Gasteiger partial charge in [0.05, 0.1) is 5.69 Å². The highest BCUT2D eigenvalue weighted by Gasteiger charge is 2.06. The number of hydrogen-bond acceptors (Lipinski definition) is 2. The van der Waals surface area contributed by atoms with Crippen molar-refractivity contribution in [1.29, 1.82) is 0 Å². The zero-order chi connectivity index (χ0) is 11.5. The quantitative estimate of drug-likeness (QED) is 0.805. The molecule has 0 radical (unpaired) electrons. The lowest BCUT2D eigenvalue weighted by molar-refractivity contribution is 0.444. The van der Waals surface area contributed by atoms with E-state index in [9.17, 15) is 4.39 Å². The Labute approximate surface area is 97.4 Å². The molecule has 2 rings (SSSR count). The molecule has 82 valence electrons. The maximum atomic E-state index is 13.3. The van der Waals surface area contributed by atoms with Crippen molar-refractivity contribution in [3.63, 3.8) is 0 Å². The Hall–Kier alpha value is -1.74. The van der Waals surface area contributed by atoms with Gasteiger partial charge >= 0.3 is 0 Å². The van der Waals surface area contributed by atoms with Gasteiger partial charge in [0.2, 0.25) is 0 Å². The summed E-state index contributed by atoms with van der Waals surface area (Å²) in [6.07, 6.45) is 0. The third kappa shape index (κ3) is 2.25. The number of benzene rings is 2. The van der Waals surface area contributed by atoms with E-state index >= 15 is 0 Å². The molecule has 0 aliphatic rings. The lowest BCUT2D eigenvalue weighted by Crippen LogP contribution is -1.93. The average Bonchev–Trinajstić information content (AvgIpc) is 2.25. The summed E-state index contributed by atoms with van der Waals surface area (Å²) in [4.78, 5) is 0. The first kappa shape index (κ1) is 10.8. The maximum Gasteiger partial charge on any atom is 0.165 e. The molecule has 0 saturated carbocycles. The van der Waals surface area contributed by atoms with Crippen LogP contribution in [0.1, 0.15) is 0 Å². The number of nitrogens with two attached hydrogens (primary N) is 1. The lowest BCUT2D eigenvalue weighted by Gasteiger charge is -2.08. The Morgan fingerprint density at radius 2 is 1.81 bits per heavy atom. The van der Waals surface area contributed by atoms with Crippen LogP contribution in [0.4, 0.5) is 10.1 Å². The minimum atomic E-state index is -0.433. The van der Waals surface area contributed by atoms with E-state index in [1.807, 2.05) is 0 Å². The van der Waals surface area contributed by atoms with E-state index in [4.69, 9.17) is 22.1 Å². The Bertz CT molecular complexity index is 516. The molecule has 4 heteroatoms. The monoisotopic (exact) mass is 237 g/mol. The number of nitrogen functional groups attached to an aromatic ring is 1. The third-order valence-electron chi connectivity index (χ3n) is 2.03. The van der Waals surface area contributed by atoms with E-state index in [0.29, 0.717) is 16.5 Å². The van der Waals surface area contributed by atoms with Gasteiger partial charge in [-0.25, -0.2) is 4.39 Å². The predicted octanol–water partition coefficient (Wildman–Crippen LogP) is 3.85. The molecule has 2 nitrogen and oxygen atoms in total. The van der Waals surface area contributed by atoms with Gasteiger partial charge in [-0.15, -0.1) is 0 Å². The summed E-state index contributed by atoms with van der Waals surface area (Å²) in [5.74, 6) is 0.0860. The van der Waals surface area contributed by atoms with Gasteiger partial charge in [0.1, 0.15) is 0 Å². The molecule has 0 heterocycles. The minimum Gasteiger partial charge on any atom is -0.452 e. The van der Waals surface area contributed by atoms with E-state index in [-0.39, 0.29) is 5.75 Å². The largest absolute Gasteiger partial charge is 0.452 e. The summed E-state index contributed by atoms with van der Waals surface area (Å²) in [6.45, 7) is 0. The molecule has 0 amide bonds. The molecule has 0 saturated heterocycles. The van der Waals surface area contributed by atoms with Gasteiger partial charge < -0.3 is 10.5 Å². The van der Waals surface area contributed by atoms with Gasteiger partial charge in [0.25, 0.3) is 0 Å². The number of anilines is 1. The Balaban J connectivity index is 2.31. The van der Waals surface area contributed by atoms with Crippen LogP contribution in [0, 0.1) is 5.82 Å². The normalized spacial score (nSPS) is 10.1. The standard InChI is InChI=1S/C12H9ClFNO/c13-8-5-6-12(10(15)7-8)16-11-4-2-1-3-9(11)14/h1-7H,15H2. The molecule has 0 atom stereocenters. The average molecular weight is 238 g/mol. The molecule has 0 fully saturated rings. The third-order valence-corrected chi connectivity index (χ3v) is 2.26. The van der Waals surface area contributed by atoms with Crippen molar-refractivity contribution in [3.8, 4) is 11.5 Å². The number of hydrogen-bond donors (Lipinski definition) is 1. The fourth-order valence-corrected chi connectivity index (χ4v) is 1.44. The van der Waals surface area contributed by atoms with Crippen LogP contribution in [0.5, 0.6) is 11.5 Å². The summed E-state index contributed by atoms with van der Waals surface area (Å²) < 4.78 is 18.6. The van der Waals surface area contributed by atoms with Gasteiger partial charge in [0, 0.05) is 5.02 Å². The van der Waals surface area contributed by atoms with E-state index in [0.717, 1.165) is 0 Å². The first-order chi connectivity index (χ1) is 7.66. The van der Waals surface area contributed by atoms with Crippen molar-refractivity contribution >= 4 is 17.3 Å². The van der Waals surface area contributed by atoms with E-state index in [1.165, 1.54) is 12.1 Å². The van der Waals surface area contributed by atoms with Crippen LogP contribution < -0.4 is 10.5 Å². The SMILES string of the molecule is Nc1cc(Cl)ccc1Oc1ccccc1F. The molecule has 0 aromatic heterocycles. The van der Waals surface area contributed by atoms with Gasteiger partial charge in [-0.1, -0.05) is 23.7 Å². The topological polar surface area (TPSA) is 35.2 Å². The van der Waals surface area contributed by atoms with Crippen molar-refractivity contribution in [3.05, 3.63) is 53.3 Å². The maximum absolute atomic E-state index is 13.3. The Morgan fingerprint density at radius 3 is 2.50 bits per heavy atom. The molecular formula is C12H9ClFNO. The predicted molar refractivity (Wildman–Crippen MR) is 62.3 cm³/mol. The molecule has 0 aliphatic carbocycles. The second kappa shape index (κ2) is 4.41. The number of para-hydroxylation sites is 1. The van der Waals surface area contributed by atoms with Gasteiger partial charge in [-0.2, -0.15) is 0 Å². The van der Waals surface area contributed by atoms with Crippen LogP contribution in [0.3, 0.4) is 0 Å². The van der Waals surface area contributed by atoms with Crippen molar-refractivity contribution in [2.24, 2.45) is 0 Å². The van der Waals surface area contributed by atoms with Crippen LogP contribution in [0.2, 0.25) is 5.02 Å². The summed E-state index contributed by atoms with van der Waals surface area (Å²) in [5.41, 5.74) is 6.06. The number of halogens is 2. The van der Waals surface area contributed by atoms with Gasteiger partial charge in [-0.05, 0) is 30.3 Å². The first-order valence-corrected chi connectivity index (χ1v) is 5.02. The van der Waals surface area contributed by atoms with Crippen molar-refractivity contribution in [1.82, 2.24) is 0 Å². The second-order valence-electron chi connectivity index (χ2n) is 3.21. The lowest BCUT2D eigenvalue weighted by atomic mass is 10.3. The highest BCUT2D eigenvalue weighted by atomic mass is 35.5. The summed E-state index contributed by atoms with van der Waals surface area (Å²) in [6, 6.07) is 10.9. The molecular weight excluding hydrogens is 229 g/mol. The molecule has 0 aliphatic heterocycles. The molecule has 2 N–H and O–H groups in total. The highest BCUT2D eigenvalue weighted by Crippen LogP contribution is 2.30. The zero-order valence-corrected chi connectivity index (χ0v) is 9.04. The van der Waals surface area contributed by atoms with E-state index in [1.54, 1.807) is 30.3 Å². The highest BCUT2D eigenvalue weighted by molar-refractivity contribution is 6.30. The summed E-state index contributed by atoms with van der Waals surface area (Å²) in [5, 5.41) is 0.512. The van der Waals surface area contributed by atoms with Gasteiger partial charge in [-0.3, -0.25) is 0 Å². The van der Waals surface area contributed by atoms with Crippen LogP contribution in [0.15, 0.2) is 42.5 Å². The zero-order valence-electron chi connectivity index (χ0n) is 8.28. The smallest absolute Gasteiger partial charge is 0.165 e. The number of rotatable bonds is 2. The molecule has 0 spiro atoms. The fourth-order valence-electron chi connectivity index (χ4n) is 1.26. The van der Waals surface area contributed by atoms with E-state index < -0.39 is 5.82 Å². The van der Waals surface area contributed by atoms with Gasteiger partial charge in [0.15, 0.2) is 17.3 Å².